The summed E-state index contributed by atoms with van der Waals surface area (Å²) in [5, 5.41) is 5.32. The molecule has 2 N–H and O–H groups in total. The highest BCUT2D eigenvalue weighted by Gasteiger charge is 2.28. The molecule has 2 aromatic heterocycles. The SMILES string of the molecule is C=CC(=O)N1CCC(n2nc(C)c3c(N)ncnc32)C1. The third-order valence-electron chi connectivity index (χ3n) is 3.69. The van der Waals surface area contributed by atoms with Crippen molar-refractivity contribution < 1.29 is 4.79 Å². The summed E-state index contributed by atoms with van der Waals surface area (Å²) in [6.07, 6.45) is 3.63. The topological polar surface area (TPSA) is 89.9 Å². The lowest BCUT2D eigenvalue weighted by molar-refractivity contribution is -0.125. The Kier molecular flexibility index (Phi) is 2.89. The van der Waals surface area contributed by atoms with E-state index in [4.69, 9.17) is 5.73 Å². The summed E-state index contributed by atoms with van der Waals surface area (Å²) in [7, 11) is 0. The maximum atomic E-state index is 11.6. The molecule has 0 aromatic carbocycles. The average molecular weight is 272 g/mol. The largest absolute Gasteiger partial charge is 0.383 e. The highest BCUT2D eigenvalue weighted by Crippen LogP contribution is 2.28. The van der Waals surface area contributed by atoms with Gasteiger partial charge in [-0.2, -0.15) is 5.10 Å². The molecule has 2 aromatic rings. The standard InChI is InChI=1S/C13H16N6O/c1-3-10(20)18-5-4-9(6-18)19-13-11(8(2)17-19)12(14)15-7-16-13/h3,7,9H,1,4-6H2,2H3,(H2,14,15,16). The summed E-state index contributed by atoms with van der Waals surface area (Å²) in [5.74, 6) is 0.394. The number of nitrogens with two attached hydrogens (primary N) is 1. The fourth-order valence-electron chi connectivity index (χ4n) is 2.69. The van der Waals surface area contributed by atoms with Gasteiger partial charge in [-0.15, -0.1) is 0 Å². The van der Waals surface area contributed by atoms with E-state index in [0.717, 1.165) is 23.1 Å². The lowest BCUT2D eigenvalue weighted by Crippen LogP contribution is -2.27. The van der Waals surface area contributed by atoms with Crippen LogP contribution in [0.3, 0.4) is 0 Å². The van der Waals surface area contributed by atoms with E-state index in [9.17, 15) is 4.79 Å². The molecule has 7 heteroatoms. The zero-order valence-electron chi connectivity index (χ0n) is 11.3. The monoisotopic (exact) mass is 272 g/mol. The van der Waals surface area contributed by atoms with Crippen LogP contribution < -0.4 is 5.73 Å². The Morgan fingerprint density at radius 1 is 1.55 bits per heavy atom. The molecule has 1 aliphatic heterocycles. The van der Waals surface area contributed by atoms with Gasteiger partial charge < -0.3 is 10.6 Å². The Morgan fingerprint density at radius 3 is 3.10 bits per heavy atom. The zero-order valence-corrected chi connectivity index (χ0v) is 11.3. The third kappa shape index (κ3) is 1.82. The Hall–Kier alpha value is -2.44. The number of aromatic nitrogens is 4. The highest BCUT2D eigenvalue weighted by atomic mass is 16.2. The number of aryl methyl sites for hydroxylation is 1. The van der Waals surface area contributed by atoms with Gasteiger partial charge in [0.05, 0.1) is 17.1 Å². The van der Waals surface area contributed by atoms with Crippen LogP contribution in [0.2, 0.25) is 0 Å². The molecule has 1 amide bonds. The van der Waals surface area contributed by atoms with Crippen molar-refractivity contribution in [3.63, 3.8) is 0 Å². The summed E-state index contributed by atoms with van der Waals surface area (Å²) < 4.78 is 1.86. The number of rotatable bonds is 2. The number of hydrogen-bond acceptors (Lipinski definition) is 5. The zero-order chi connectivity index (χ0) is 14.3. The van der Waals surface area contributed by atoms with Crippen LogP contribution >= 0.6 is 0 Å². The molecular formula is C13H16N6O. The molecule has 0 saturated carbocycles. The van der Waals surface area contributed by atoms with Crippen molar-refractivity contribution in [1.29, 1.82) is 0 Å². The van der Waals surface area contributed by atoms with Crippen LogP contribution in [0.15, 0.2) is 19.0 Å². The van der Waals surface area contributed by atoms with Gasteiger partial charge in [-0.3, -0.25) is 4.79 Å². The van der Waals surface area contributed by atoms with Gasteiger partial charge >= 0.3 is 0 Å². The number of likely N-dealkylation sites (tertiary alicyclic amines) is 1. The van der Waals surface area contributed by atoms with Crippen LogP contribution in [0.5, 0.6) is 0 Å². The van der Waals surface area contributed by atoms with Gasteiger partial charge in [-0.1, -0.05) is 6.58 Å². The molecule has 3 heterocycles. The normalized spacial score (nSPS) is 18.6. The molecule has 1 unspecified atom stereocenters. The maximum absolute atomic E-state index is 11.6. The number of nitrogen functional groups attached to an aromatic ring is 1. The summed E-state index contributed by atoms with van der Waals surface area (Å²) >= 11 is 0. The number of carbonyl (C=O) groups excluding carboxylic acids is 1. The Bertz CT molecular complexity index is 691. The number of amides is 1. The number of carbonyl (C=O) groups is 1. The van der Waals surface area contributed by atoms with E-state index in [0.29, 0.717) is 18.9 Å². The van der Waals surface area contributed by atoms with Crippen LogP contribution in [-0.4, -0.2) is 43.6 Å². The van der Waals surface area contributed by atoms with E-state index in [1.165, 1.54) is 12.4 Å². The quantitative estimate of drug-likeness (QED) is 0.812. The first-order chi connectivity index (χ1) is 9.61. The van der Waals surface area contributed by atoms with E-state index in [-0.39, 0.29) is 11.9 Å². The van der Waals surface area contributed by atoms with Crippen molar-refractivity contribution in [2.45, 2.75) is 19.4 Å². The first-order valence-electron chi connectivity index (χ1n) is 6.48. The van der Waals surface area contributed by atoms with Crippen molar-refractivity contribution in [2.75, 3.05) is 18.8 Å². The lowest BCUT2D eigenvalue weighted by atomic mass is 10.2. The summed E-state index contributed by atoms with van der Waals surface area (Å²) in [6.45, 7) is 6.73. The number of anilines is 1. The summed E-state index contributed by atoms with van der Waals surface area (Å²) in [4.78, 5) is 21.7. The van der Waals surface area contributed by atoms with Crippen LogP contribution in [0, 0.1) is 6.92 Å². The minimum Gasteiger partial charge on any atom is -0.383 e. The second-order valence-corrected chi connectivity index (χ2v) is 4.92. The van der Waals surface area contributed by atoms with Gasteiger partial charge in [-0.25, -0.2) is 14.6 Å². The van der Waals surface area contributed by atoms with Crippen LogP contribution in [0.1, 0.15) is 18.2 Å². The lowest BCUT2D eigenvalue weighted by Gasteiger charge is -2.14. The highest BCUT2D eigenvalue weighted by molar-refractivity contribution is 5.88. The number of fused-ring (bicyclic) bond motifs is 1. The molecule has 20 heavy (non-hydrogen) atoms. The van der Waals surface area contributed by atoms with E-state index < -0.39 is 0 Å². The van der Waals surface area contributed by atoms with E-state index in [1.807, 2.05) is 11.6 Å². The van der Waals surface area contributed by atoms with Crippen LogP contribution in [-0.2, 0) is 4.79 Å². The number of hydrogen-bond donors (Lipinski definition) is 1. The second-order valence-electron chi connectivity index (χ2n) is 4.92. The second kappa shape index (κ2) is 4.59. The van der Waals surface area contributed by atoms with E-state index in [1.54, 1.807) is 4.90 Å². The summed E-state index contributed by atoms with van der Waals surface area (Å²) in [5.41, 5.74) is 7.43. The smallest absolute Gasteiger partial charge is 0.246 e. The van der Waals surface area contributed by atoms with Gasteiger partial charge in [0.25, 0.3) is 0 Å². The average Bonchev–Trinajstić information content (AvgIpc) is 3.04. The van der Waals surface area contributed by atoms with E-state index in [2.05, 4.69) is 21.6 Å². The molecule has 7 nitrogen and oxygen atoms in total. The first-order valence-corrected chi connectivity index (χ1v) is 6.48. The van der Waals surface area contributed by atoms with Crippen molar-refractivity contribution in [2.24, 2.45) is 0 Å². The minimum absolute atomic E-state index is 0.0465. The van der Waals surface area contributed by atoms with Crippen molar-refractivity contribution in [3.8, 4) is 0 Å². The van der Waals surface area contributed by atoms with Gasteiger partial charge in [0.2, 0.25) is 5.91 Å². The molecule has 1 fully saturated rings. The first kappa shape index (κ1) is 12.6. The Labute approximate surface area is 116 Å². The van der Waals surface area contributed by atoms with Crippen LogP contribution in [0.4, 0.5) is 5.82 Å². The number of nitrogens with zero attached hydrogens (tertiary/aromatic N) is 5. The third-order valence-corrected chi connectivity index (χ3v) is 3.69. The van der Waals surface area contributed by atoms with Crippen molar-refractivity contribution in [3.05, 3.63) is 24.7 Å². The fourth-order valence-corrected chi connectivity index (χ4v) is 2.69. The molecule has 104 valence electrons. The predicted octanol–water partition coefficient (Wildman–Crippen LogP) is 0.676. The molecule has 1 saturated heterocycles. The minimum atomic E-state index is -0.0465. The molecular weight excluding hydrogens is 256 g/mol. The van der Waals surface area contributed by atoms with Crippen LogP contribution in [0.25, 0.3) is 11.0 Å². The molecule has 1 atom stereocenters. The molecule has 3 rings (SSSR count). The maximum Gasteiger partial charge on any atom is 0.246 e. The Balaban J connectivity index is 1.98. The van der Waals surface area contributed by atoms with Gasteiger partial charge in [0, 0.05) is 13.1 Å². The molecule has 0 spiro atoms. The van der Waals surface area contributed by atoms with Gasteiger partial charge in [0.15, 0.2) is 5.65 Å². The fraction of sp³-hybridized carbons (Fsp3) is 0.385. The molecule has 0 radical (unpaired) electrons. The molecule has 1 aliphatic rings. The Morgan fingerprint density at radius 2 is 2.35 bits per heavy atom. The summed E-state index contributed by atoms with van der Waals surface area (Å²) in [6, 6.07) is 0.115. The predicted molar refractivity (Wildman–Crippen MR) is 74.9 cm³/mol. The van der Waals surface area contributed by atoms with Gasteiger partial charge in [-0.05, 0) is 19.4 Å². The molecule has 0 aliphatic carbocycles. The van der Waals surface area contributed by atoms with Crippen molar-refractivity contribution >= 4 is 22.8 Å². The van der Waals surface area contributed by atoms with Crippen molar-refractivity contribution in [1.82, 2.24) is 24.6 Å². The van der Waals surface area contributed by atoms with E-state index >= 15 is 0 Å². The van der Waals surface area contributed by atoms with Gasteiger partial charge in [0.1, 0.15) is 12.1 Å². The molecule has 0 bridgehead atoms.